The van der Waals surface area contributed by atoms with Gasteiger partial charge in [-0.2, -0.15) is 42.5 Å². The monoisotopic (exact) mass is 809 g/mol. The maximum absolute atomic E-state index is 4.70. The predicted octanol–water partition coefficient (Wildman–Crippen LogP) is 9.24. The van der Waals surface area contributed by atoms with Gasteiger partial charge in [0.2, 0.25) is 0 Å². The van der Waals surface area contributed by atoms with Crippen molar-refractivity contribution in [2.45, 2.75) is 5.41 Å². The number of hydrogen-bond acceptors (Lipinski definition) is 4. The predicted molar refractivity (Wildman–Crippen MR) is 193 cm³/mol. The largest absolute Gasteiger partial charge is 0.487 e. The Morgan fingerprint density at radius 1 is 0.592 bits per heavy atom. The fraction of sp³-hybridized carbons (Fsp3) is 0.0465. The minimum atomic E-state index is -0.674. The van der Waals surface area contributed by atoms with Gasteiger partial charge in [0, 0.05) is 50.1 Å². The van der Waals surface area contributed by atoms with Crippen LogP contribution in [0, 0.1) is 18.8 Å². The molecule has 0 saturated heterocycles. The van der Waals surface area contributed by atoms with Crippen LogP contribution < -0.4 is 9.80 Å². The van der Waals surface area contributed by atoms with E-state index in [4.69, 9.17) is 4.98 Å². The van der Waals surface area contributed by atoms with E-state index in [1.807, 2.05) is 18.6 Å². The Balaban J connectivity index is 0.00000325. The molecule has 0 radical (unpaired) electrons. The van der Waals surface area contributed by atoms with Crippen LogP contribution in [0.2, 0.25) is 0 Å². The van der Waals surface area contributed by atoms with Crippen molar-refractivity contribution in [3.05, 3.63) is 187 Å². The number of hydrogen-bond donors (Lipinski definition) is 0. The fourth-order valence-corrected chi connectivity index (χ4v) is 7.93. The summed E-state index contributed by atoms with van der Waals surface area (Å²) in [6, 6.07) is 55.8. The average Bonchev–Trinajstić information content (AvgIpc) is 3.78. The van der Waals surface area contributed by atoms with Gasteiger partial charge >= 0.3 is 0 Å². The van der Waals surface area contributed by atoms with Crippen molar-refractivity contribution in [2.75, 3.05) is 16.8 Å². The molecule has 0 unspecified atom stereocenters. The normalized spacial score (nSPS) is 14.1. The van der Waals surface area contributed by atoms with Gasteiger partial charge < -0.3 is 14.4 Å². The molecule has 0 bridgehead atoms. The molecule has 0 N–H and O–H groups in total. The molecule has 0 fully saturated rings. The average molecular weight is 810 g/mol. The number of benzene rings is 6. The summed E-state index contributed by atoms with van der Waals surface area (Å²) in [5.74, 6) is 1.60. The van der Waals surface area contributed by atoms with Gasteiger partial charge in [-0.25, -0.2) is 9.97 Å². The molecular weight excluding hydrogens is 782 g/mol. The van der Waals surface area contributed by atoms with Gasteiger partial charge in [-0.3, -0.25) is 0 Å². The second-order valence-electron chi connectivity index (χ2n) is 12.4. The van der Waals surface area contributed by atoms with E-state index in [0.29, 0.717) is 0 Å². The summed E-state index contributed by atoms with van der Waals surface area (Å²) in [6.45, 7) is 2.03. The van der Waals surface area contributed by atoms with Crippen LogP contribution in [0.15, 0.2) is 146 Å². The molecule has 8 aromatic rings. The smallest absolute Gasteiger partial charge is 0.143 e. The van der Waals surface area contributed by atoms with Gasteiger partial charge in [-0.1, -0.05) is 90.4 Å². The Labute approximate surface area is 299 Å². The third kappa shape index (κ3) is 4.15. The van der Waals surface area contributed by atoms with Crippen LogP contribution in [-0.4, -0.2) is 21.6 Å². The van der Waals surface area contributed by atoms with Gasteiger partial charge in [0.15, 0.2) is 0 Å². The van der Waals surface area contributed by atoms with Gasteiger partial charge in [0.1, 0.15) is 11.6 Å². The van der Waals surface area contributed by atoms with E-state index in [2.05, 4.69) is 160 Å². The van der Waals surface area contributed by atoms with Crippen LogP contribution in [0.4, 0.5) is 17.3 Å². The second-order valence-corrected chi connectivity index (χ2v) is 12.4. The SMILES string of the molecule is CN1[CH-]N(c2[c-]c(C3(c4[c-]c5c(cc4)c4ccccc4n5-c4ccccc4)c4ccccc4-c4ccccc43)ccc2)c2nccnc21.[Pt]. The molecule has 0 saturated carbocycles. The van der Waals surface area contributed by atoms with Crippen molar-refractivity contribution in [2.24, 2.45) is 0 Å². The molecule has 238 valence electrons. The first kappa shape index (κ1) is 29.6. The molecule has 6 heteroatoms. The summed E-state index contributed by atoms with van der Waals surface area (Å²) in [6.07, 6.45) is 3.47. The van der Waals surface area contributed by atoms with E-state index in [0.717, 1.165) is 45.2 Å². The molecule has 2 aliphatic rings. The number of para-hydroxylation sites is 2. The van der Waals surface area contributed by atoms with Crippen LogP contribution in [0.25, 0.3) is 38.6 Å². The quantitative estimate of drug-likeness (QED) is 0.166. The summed E-state index contributed by atoms with van der Waals surface area (Å²) in [4.78, 5) is 13.4. The molecule has 2 aromatic heterocycles. The maximum atomic E-state index is 4.70. The van der Waals surface area contributed by atoms with Crippen LogP contribution in [0.1, 0.15) is 22.3 Å². The maximum Gasteiger partial charge on any atom is 0.143 e. The molecule has 49 heavy (non-hydrogen) atoms. The van der Waals surface area contributed by atoms with E-state index in [1.165, 1.54) is 33.0 Å². The van der Waals surface area contributed by atoms with E-state index in [1.54, 1.807) is 12.4 Å². The van der Waals surface area contributed by atoms with Crippen molar-refractivity contribution in [1.29, 1.82) is 0 Å². The van der Waals surface area contributed by atoms with Crippen molar-refractivity contribution in [1.82, 2.24) is 14.5 Å². The number of nitrogens with zero attached hydrogens (tertiary/aromatic N) is 5. The van der Waals surface area contributed by atoms with Gasteiger partial charge in [0.25, 0.3) is 0 Å². The summed E-state index contributed by atoms with van der Waals surface area (Å²) in [7, 11) is 2.00. The fourth-order valence-electron chi connectivity index (χ4n) is 7.93. The first-order valence-electron chi connectivity index (χ1n) is 16.1. The molecule has 10 rings (SSSR count). The van der Waals surface area contributed by atoms with Crippen LogP contribution in [0.5, 0.6) is 0 Å². The Bertz CT molecular complexity index is 2490. The van der Waals surface area contributed by atoms with E-state index < -0.39 is 5.41 Å². The molecule has 3 heterocycles. The summed E-state index contributed by atoms with van der Waals surface area (Å²) >= 11 is 0. The molecule has 1 aliphatic carbocycles. The standard InChI is InChI=1S/C43H28N5.Pt/c1-46-28-47(42-41(46)44-24-25-45-42)32-15-11-12-29(26-32)43(37-19-8-5-16-33(37)34-17-6-9-20-38(34)43)30-22-23-36-35-18-7-10-21-39(35)48(40(36)27-30)31-13-3-2-4-14-31;/h2-25,28H,1H3;/q-3;. The zero-order chi connectivity index (χ0) is 31.8. The second kappa shape index (κ2) is 11.3. The number of aromatic nitrogens is 3. The number of rotatable bonds is 4. The minimum absolute atomic E-state index is 0. The topological polar surface area (TPSA) is 37.2 Å². The summed E-state index contributed by atoms with van der Waals surface area (Å²) in [5, 5.41) is 2.39. The zero-order valence-electron chi connectivity index (χ0n) is 26.5. The molecule has 6 aromatic carbocycles. The third-order valence-electron chi connectivity index (χ3n) is 9.91. The number of anilines is 3. The Morgan fingerprint density at radius 3 is 2.02 bits per heavy atom. The van der Waals surface area contributed by atoms with Gasteiger partial charge in [0.05, 0.1) is 0 Å². The Hall–Kier alpha value is -5.51. The van der Waals surface area contributed by atoms with Gasteiger partial charge in [-0.05, 0) is 52.9 Å². The molecule has 1 aliphatic heterocycles. The van der Waals surface area contributed by atoms with Crippen molar-refractivity contribution < 1.29 is 21.1 Å². The third-order valence-corrected chi connectivity index (χ3v) is 9.91. The summed E-state index contributed by atoms with van der Waals surface area (Å²) in [5.41, 5.74) is 10.6. The summed E-state index contributed by atoms with van der Waals surface area (Å²) < 4.78 is 2.35. The van der Waals surface area contributed by atoms with Crippen LogP contribution in [0.3, 0.4) is 0 Å². The first-order valence-corrected chi connectivity index (χ1v) is 16.1. The molecule has 0 atom stereocenters. The molecular formula is C43H28N5Pt-3. The Morgan fingerprint density at radius 2 is 1.24 bits per heavy atom. The van der Waals surface area contributed by atoms with Crippen LogP contribution >= 0.6 is 0 Å². The van der Waals surface area contributed by atoms with Gasteiger partial charge in [-0.15, -0.1) is 28.9 Å². The Kier molecular flexibility index (Phi) is 6.82. The van der Waals surface area contributed by atoms with E-state index in [9.17, 15) is 0 Å². The molecule has 0 amide bonds. The van der Waals surface area contributed by atoms with Crippen molar-refractivity contribution in [3.8, 4) is 16.8 Å². The molecule has 5 nitrogen and oxygen atoms in total. The van der Waals surface area contributed by atoms with Crippen molar-refractivity contribution >= 4 is 39.1 Å². The number of fused-ring (bicyclic) bond motifs is 7. The minimum Gasteiger partial charge on any atom is -0.487 e. The first-order chi connectivity index (χ1) is 23.7. The van der Waals surface area contributed by atoms with E-state index in [-0.39, 0.29) is 21.1 Å². The van der Waals surface area contributed by atoms with Crippen LogP contribution in [-0.2, 0) is 26.5 Å². The molecule has 0 spiro atoms. The zero-order valence-corrected chi connectivity index (χ0v) is 28.8. The van der Waals surface area contributed by atoms with E-state index >= 15 is 0 Å². The van der Waals surface area contributed by atoms with Crippen molar-refractivity contribution in [3.63, 3.8) is 0 Å².